The Morgan fingerprint density at radius 3 is 2.58 bits per heavy atom. The molecule has 0 spiro atoms. The first-order valence-corrected chi connectivity index (χ1v) is 7.77. The maximum atomic E-state index is 13.0. The van der Waals surface area contributed by atoms with Gasteiger partial charge in [0.2, 0.25) is 5.78 Å². The van der Waals surface area contributed by atoms with Crippen molar-refractivity contribution in [3.05, 3.63) is 65.0 Å². The second-order valence-corrected chi connectivity index (χ2v) is 5.46. The standard InChI is InChI=1S/C18H19N3O3/c1-24-14-9-7-13(8-10-14)18(22)17-15-5-2-3-6-16(15)21(23)20(17)12-4-11-19/h2-3,5-10H,4,11-12,19H2,1H3. The fraction of sp³-hybridized carbons (Fsp3) is 0.222. The highest BCUT2D eigenvalue weighted by Crippen LogP contribution is 2.22. The highest BCUT2D eigenvalue weighted by atomic mass is 16.5. The van der Waals surface area contributed by atoms with Crippen LogP contribution < -0.4 is 15.3 Å². The number of para-hydroxylation sites is 1. The molecular weight excluding hydrogens is 306 g/mol. The molecule has 24 heavy (non-hydrogen) atoms. The van der Waals surface area contributed by atoms with Gasteiger partial charge in [0.25, 0.3) is 5.52 Å². The van der Waals surface area contributed by atoms with Gasteiger partial charge in [0.15, 0.2) is 5.69 Å². The Labute approximate surface area is 139 Å². The van der Waals surface area contributed by atoms with Gasteiger partial charge >= 0.3 is 0 Å². The van der Waals surface area contributed by atoms with Crippen molar-refractivity contribution in [1.82, 2.24) is 4.68 Å². The minimum Gasteiger partial charge on any atom is -0.595 e. The van der Waals surface area contributed by atoms with Crippen molar-refractivity contribution < 1.29 is 14.4 Å². The molecule has 0 saturated heterocycles. The Morgan fingerprint density at radius 1 is 1.21 bits per heavy atom. The van der Waals surface area contributed by atoms with E-state index in [1.807, 2.05) is 6.07 Å². The third kappa shape index (κ3) is 2.72. The number of rotatable bonds is 6. The van der Waals surface area contributed by atoms with Gasteiger partial charge in [0.05, 0.1) is 19.0 Å². The van der Waals surface area contributed by atoms with Crippen LogP contribution in [0.25, 0.3) is 10.9 Å². The number of hydrogen-bond acceptors (Lipinski definition) is 4. The summed E-state index contributed by atoms with van der Waals surface area (Å²) in [6.07, 6.45) is 0.617. The fourth-order valence-electron chi connectivity index (χ4n) is 2.76. The molecule has 0 amide bonds. The molecule has 3 rings (SSSR count). The molecule has 6 nitrogen and oxygen atoms in total. The molecule has 0 aliphatic rings. The first-order chi connectivity index (χ1) is 11.7. The van der Waals surface area contributed by atoms with Gasteiger partial charge in [0, 0.05) is 11.6 Å². The van der Waals surface area contributed by atoms with E-state index in [2.05, 4.69) is 0 Å². The van der Waals surface area contributed by atoms with E-state index in [-0.39, 0.29) is 5.78 Å². The zero-order valence-corrected chi connectivity index (χ0v) is 13.4. The first kappa shape index (κ1) is 16.0. The van der Waals surface area contributed by atoms with Gasteiger partial charge in [-0.3, -0.25) is 4.79 Å². The Kier molecular flexibility index (Phi) is 4.48. The monoisotopic (exact) mass is 325 g/mol. The van der Waals surface area contributed by atoms with E-state index in [0.717, 1.165) is 4.85 Å². The van der Waals surface area contributed by atoms with Gasteiger partial charge in [-0.1, -0.05) is 17.0 Å². The lowest BCUT2D eigenvalue weighted by Gasteiger charge is -2.07. The van der Waals surface area contributed by atoms with Crippen LogP contribution in [0.15, 0.2) is 48.5 Å². The fourth-order valence-corrected chi connectivity index (χ4v) is 2.76. The molecule has 0 saturated carbocycles. The number of hydrogen-bond donors (Lipinski definition) is 1. The van der Waals surface area contributed by atoms with Crippen LogP contribution in [0.4, 0.5) is 0 Å². The number of nitrogens with zero attached hydrogens (tertiary/aromatic N) is 2. The molecule has 2 aromatic carbocycles. The highest BCUT2D eigenvalue weighted by molar-refractivity contribution is 6.14. The average Bonchev–Trinajstić information content (AvgIpc) is 2.92. The predicted molar refractivity (Wildman–Crippen MR) is 91.0 cm³/mol. The molecule has 3 aromatic rings. The second kappa shape index (κ2) is 6.72. The van der Waals surface area contributed by atoms with Crippen molar-refractivity contribution in [3.8, 4) is 5.75 Å². The summed E-state index contributed by atoms with van der Waals surface area (Å²) in [5.41, 5.74) is 6.94. The van der Waals surface area contributed by atoms with Gasteiger partial charge in [-0.05, 0) is 43.3 Å². The lowest BCUT2D eigenvalue weighted by atomic mass is 10.0. The van der Waals surface area contributed by atoms with E-state index in [0.29, 0.717) is 47.4 Å². The lowest BCUT2D eigenvalue weighted by Crippen LogP contribution is -2.39. The summed E-state index contributed by atoms with van der Waals surface area (Å²) >= 11 is 0. The molecule has 6 heteroatoms. The summed E-state index contributed by atoms with van der Waals surface area (Å²) < 4.78 is 6.58. The average molecular weight is 325 g/mol. The van der Waals surface area contributed by atoms with Crippen LogP contribution in [0.3, 0.4) is 0 Å². The highest BCUT2D eigenvalue weighted by Gasteiger charge is 2.26. The van der Waals surface area contributed by atoms with Crippen LogP contribution in [0.1, 0.15) is 22.5 Å². The van der Waals surface area contributed by atoms with E-state index in [9.17, 15) is 10.0 Å². The minimum absolute atomic E-state index is 0.194. The number of carbonyl (C=O) groups excluding carboxylic acids is 1. The van der Waals surface area contributed by atoms with Crippen molar-refractivity contribution in [1.29, 1.82) is 0 Å². The SMILES string of the molecule is COc1ccc(C(=O)c2c3ccccc3[n+]([O-])n2CCCN)cc1. The number of ether oxygens (including phenoxy) is 1. The Balaban J connectivity index is 2.13. The third-order valence-corrected chi connectivity index (χ3v) is 3.98. The van der Waals surface area contributed by atoms with E-state index in [1.54, 1.807) is 49.6 Å². The van der Waals surface area contributed by atoms with E-state index < -0.39 is 0 Å². The van der Waals surface area contributed by atoms with Gasteiger partial charge in [-0.25, -0.2) is 0 Å². The molecule has 1 aromatic heterocycles. The number of methoxy groups -OCH3 is 1. The van der Waals surface area contributed by atoms with Gasteiger partial charge in [-0.2, -0.15) is 0 Å². The zero-order valence-electron chi connectivity index (χ0n) is 13.4. The predicted octanol–water partition coefficient (Wildman–Crippen LogP) is 1.86. The first-order valence-electron chi connectivity index (χ1n) is 7.77. The summed E-state index contributed by atoms with van der Waals surface area (Å²) in [4.78, 5) is 13.8. The van der Waals surface area contributed by atoms with E-state index >= 15 is 0 Å². The number of fused-ring (bicyclic) bond motifs is 1. The molecule has 0 unspecified atom stereocenters. The van der Waals surface area contributed by atoms with Crippen molar-refractivity contribution in [2.45, 2.75) is 13.0 Å². The topological polar surface area (TPSA) is 84.2 Å². The normalized spacial score (nSPS) is 10.9. The number of carbonyl (C=O) groups is 1. The zero-order chi connectivity index (χ0) is 17.1. The maximum Gasteiger partial charge on any atom is 0.252 e. The van der Waals surface area contributed by atoms with Crippen LogP contribution in [-0.2, 0) is 6.54 Å². The van der Waals surface area contributed by atoms with Gasteiger partial charge in [0.1, 0.15) is 5.75 Å². The Morgan fingerprint density at radius 2 is 1.92 bits per heavy atom. The summed E-state index contributed by atoms with van der Waals surface area (Å²) in [5, 5.41) is 13.2. The lowest BCUT2D eigenvalue weighted by molar-refractivity contribution is -0.670. The van der Waals surface area contributed by atoms with Crippen molar-refractivity contribution in [3.63, 3.8) is 0 Å². The van der Waals surface area contributed by atoms with E-state index in [1.165, 1.54) is 4.68 Å². The van der Waals surface area contributed by atoms with Crippen LogP contribution in [0, 0.1) is 5.21 Å². The molecule has 1 heterocycles. The molecule has 0 aliphatic heterocycles. The largest absolute Gasteiger partial charge is 0.595 e. The number of ketones is 1. The van der Waals surface area contributed by atoms with Crippen LogP contribution >= 0.6 is 0 Å². The second-order valence-electron chi connectivity index (χ2n) is 5.46. The maximum absolute atomic E-state index is 13.0. The number of nitrogens with two attached hydrogens (primary N) is 1. The van der Waals surface area contributed by atoms with Crippen LogP contribution in [0.2, 0.25) is 0 Å². The smallest absolute Gasteiger partial charge is 0.252 e. The van der Waals surface area contributed by atoms with Crippen LogP contribution in [-0.4, -0.2) is 24.1 Å². The van der Waals surface area contributed by atoms with Crippen molar-refractivity contribution in [2.75, 3.05) is 13.7 Å². The van der Waals surface area contributed by atoms with Crippen molar-refractivity contribution in [2.24, 2.45) is 5.73 Å². The van der Waals surface area contributed by atoms with Gasteiger partial charge < -0.3 is 15.7 Å². The van der Waals surface area contributed by atoms with Crippen molar-refractivity contribution >= 4 is 16.7 Å². The van der Waals surface area contributed by atoms with Gasteiger partial charge in [-0.15, -0.1) is 4.68 Å². The van der Waals surface area contributed by atoms with E-state index in [4.69, 9.17) is 10.5 Å². The minimum atomic E-state index is -0.194. The number of aromatic nitrogens is 2. The molecule has 0 fully saturated rings. The molecule has 0 bridgehead atoms. The summed E-state index contributed by atoms with van der Waals surface area (Å²) in [6, 6.07) is 14.0. The molecule has 2 N–H and O–H groups in total. The van der Waals surface area contributed by atoms with Crippen LogP contribution in [0.5, 0.6) is 5.75 Å². The third-order valence-electron chi connectivity index (χ3n) is 3.98. The molecule has 0 aliphatic carbocycles. The number of benzene rings is 2. The Hall–Kier alpha value is -2.86. The molecule has 124 valence electrons. The summed E-state index contributed by atoms with van der Waals surface area (Å²) in [7, 11) is 1.57. The quantitative estimate of drug-likeness (QED) is 0.426. The molecular formula is C18H19N3O3. The molecule has 0 radical (unpaired) electrons. The summed E-state index contributed by atoms with van der Waals surface area (Å²) in [5.74, 6) is 0.481. The molecule has 0 atom stereocenters. The Bertz CT molecular complexity index is 869. The summed E-state index contributed by atoms with van der Waals surface area (Å²) in [6.45, 7) is 0.844.